The third-order valence-electron chi connectivity index (χ3n) is 4.97. The van der Waals surface area contributed by atoms with Crippen molar-refractivity contribution in [1.82, 2.24) is 4.90 Å². The lowest BCUT2D eigenvalue weighted by Crippen LogP contribution is -2.40. The summed E-state index contributed by atoms with van der Waals surface area (Å²) in [6.07, 6.45) is 3.83. The number of amides is 2. The van der Waals surface area contributed by atoms with Crippen molar-refractivity contribution in [3.05, 3.63) is 23.2 Å². The Labute approximate surface area is 147 Å². The van der Waals surface area contributed by atoms with E-state index in [1.54, 1.807) is 11.8 Å². The first-order valence-electron chi connectivity index (χ1n) is 8.65. The maximum Gasteiger partial charge on any atom is 0.227 e. The van der Waals surface area contributed by atoms with Crippen LogP contribution in [0.2, 0.25) is 5.02 Å². The van der Waals surface area contributed by atoms with Crippen LogP contribution in [0.15, 0.2) is 18.2 Å². The summed E-state index contributed by atoms with van der Waals surface area (Å²) in [6, 6.07) is 5.74. The molecule has 1 aromatic carbocycles. The van der Waals surface area contributed by atoms with Crippen molar-refractivity contribution in [2.75, 3.05) is 36.4 Å². The highest BCUT2D eigenvalue weighted by atomic mass is 35.5. The van der Waals surface area contributed by atoms with Crippen LogP contribution < -0.4 is 10.2 Å². The number of carbonyl (C=O) groups excluding carboxylic acids is 2. The predicted octanol–water partition coefficient (Wildman–Crippen LogP) is 3.14. The fraction of sp³-hybridized carbons (Fsp3) is 0.556. The van der Waals surface area contributed by atoms with Gasteiger partial charge >= 0.3 is 0 Å². The van der Waals surface area contributed by atoms with Gasteiger partial charge in [0.15, 0.2) is 0 Å². The number of rotatable bonds is 3. The van der Waals surface area contributed by atoms with Gasteiger partial charge in [0, 0.05) is 44.7 Å². The van der Waals surface area contributed by atoms with Gasteiger partial charge in [0.2, 0.25) is 11.8 Å². The number of hydrogen-bond donors (Lipinski definition) is 1. The Morgan fingerprint density at radius 3 is 2.38 bits per heavy atom. The summed E-state index contributed by atoms with van der Waals surface area (Å²) >= 11 is 6.40. The molecule has 0 unspecified atom stereocenters. The number of hydrogen-bond acceptors (Lipinski definition) is 3. The zero-order valence-corrected chi connectivity index (χ0v) is 14.8. The summed E-state index contributed by atoms with van der Waals surface area (Å²) in [7, 11) is 0. The van der Waals surface area contributed by atoms with Crippen LogP contribution in [0.25, 0.3) is 0 Å². The first-order valence-corrected chi connectivity index (χ1v) is 9.03. The molecule has 2 aliphatic heterocycles. The molecule has 2 aliphatic rings. The first kappa shape index (κ1) is 17.1. The van der Waals surface area contributed by atoms with Crippen molar-refractivity contribution in [1.29, 1.82) is 0 Å². The highest BCUT2D eigenvalue weighted by molar-refractivity contribution is 6.33. The average molecular weight is 350 g/mol. The molecule has 0 bridgehead atoms. The molecular formula is C18H24ClN3O2. The van der Waals surface area contributed by atoms with Gasteiger partial charge in [0.05, 0.1) is 10.7 Å². The Kier molecular flexibility index (Phi) is 5.29. The quantitative estimate of drug-likeness (QED) is 0.912. The smallest absolute Gasteiger partial charge is 0.227 e. The number of nitrogens with zero attached hydrogens (tertiary/aromatic N) is 2. The second-order valence-corrected chi connectivity index (χ2v) is 7.04. The molecule has 5 nitrogen and oxygen atoms in total. The van der Waals surface area contributed by atoms with Gasteiger partial charge < -0.3 is 15.1 Å². The van der Waals surface area contributed by atoms with Gasteiger partial charge in [0.25, 0.3) is 0 Å². The molecule has 0 atom stereocenters. The van der Waals surface area contributed by atoms with E-state index < -0.39 is 0 Å². The number of piperidine rings is 1. The number of anilines is 2. The van der Waals surface area contributed by atoms with Crippen molar-refractivity contribution >= 4 is 34.8 Å². The van der Waals surface area contributed by atoms with Crippen molar-refractivity contribution in [3.63, 3.8) is 0 Å². The zero-order chi connectivity index (χ0) is 17.1. The van der Waals surface area contributed by atoms with Crippen LogP contribution in [0, 0.1) is 5.92 Å². The highest BCUT2D eigenvalue weighted by Gasteiger charge is 2.26. The first-order chi connectivity index (χ1) is 11.5. The van der Waals surface area contributed by atoms with Gasteiger partial charge in [-0.2, -0.15) is 0 Å². The Hall–Kier alpha value is -1.75. The third kappa shape index (κ3) is 3.83. The van der Waals surface area contributed by atoms with Gasteiger partial charge in [-0.3, -0.25) is 9.59 Å². The summed E-state index contributed by atoms with van der Waals surface area (Å²) in [5.74, 6) is 0.0546. The molecule has 0 saturated carbocycles. The number of nitrogens with one attached hydrogen (secondary N) is 1. The minimum Gasteiger partial charge on any atom is -0.370 e. The summed E-state index contributed by atoms with van der Waals surface area (Å²) in [5.41, 5.74) is 1.78. The molecule has 1 N–H and O–H groups in total. The summed E-state index contributed by atoms with van der Waals surface area (Å²) in [4.78, 5) is 27.9. The maximum absolute atomic E-state index is 12.4. The normalized spacial score (nSPS) is 18.8. The lowest BCUT2D eigenvalue weighted by molar-refractivity contribution is -0.132. The summed E-state index contributed by atoms with van der Waals surface area (Å²) < 4.78 is 0. The number of likely N-dealkylation sites (tertiary alicyclic amines) is 1. The number of carbonyl (C=O) groups is 2. The predicted molar refractivity (Wildman–Crippen MR) is 96.5 cm³/mol. The topological polar surface area (TPSA) is 52.7 Å². The summed E-state index contributed by atoms with van der Waals surface area (Å²) in [6.45, 7) is 4.97. The van der Waals surface area contributed by atoms with E-state index in [0.29, 0.717) is 31.0 Å². The van der Waals surface area contributed by atoms with E-state index in [4.69, 9.17) is 11.6 Å². The lowest BCUT2D eigenvalue weighted by atomic mass is 9.96. The molecule has 3 rings (SSSR count). The molecule has 24 heavy (non-hydrogen) atoms. The van der Waals surface area contributed by atoms with Gasteiger partial charge in [-0.1, -0.05) is 11.6 Å². The third-order valence-corrected chi connectivity index (χ3v) is 5.28. The molecule has 0 radical (unpaired) electrons. The molecule has 2 fully saturated rings. The van der Waals surface area contributed by atoms with E-state index in [9.17, 15) is 9.59 Å². The Bertz CT molecular complexity index is 621. The summed E-state index contributed by atoms with van der Waals surface area (Å²) in [5, 5.41) is 3.65. The fourth-order valence-electron chi connectivity index (χ4n) is 3.50. The van der Waals surface area contributed by atoms with Crippen LogP contribution in [-0.4, -0.2) is 42.9 Å². The molecule has 6 heteroatoms. The molecule has 2 saturated heterocycles. The van der Waals surface area contributed by atoms with Crippen LogP contribution in [-0.2, 0) is 9.59 Å². The molecule has 0 aromatic heterocycles. The fourth-order valence-corrected chi connectivity index (χ4v) is 3.80. The molecule has 2 amide bonds. The lowest BCUT2D eigenvalue weighted by Gasteiger charge is -2.30. The minimum atomic E-state index is -0.0439. The Balaban J connectivity index is 1.58. The van der Waals surface area contributed by atoms with Gasteiger partial charge in [-0.15, -0.1) is 0 Å². The van der Waals surface area contributed by atoms with Gasteiger partial charge in [0.1, 0.15) is 0 Å². The van der Waals surface area contributed by atoms with E-state index in [2.05, 4.69) is 10.2 Å². The van der Waals surface area contributed by atoms with Gasteiger partial charge in [-0.25, -0.2) is 0 Å². The van der Waals surface area contributed by atoms with Gasteiger partial charge in [-0.05, 0) is 43.9 Å². The van der Waals surface area contributed by atoms with E-state index in [0.717, 1.165) is 24.5 Å². The molecular weight excluding hydrogens is 326 g/mol. The second kappa shape index (κ2) is 7.43. The van der Waals surface area contributed by atoms with Crippen molar-refractivity contribution in [2.24, 2.45) is 5.92 Å². The number of halogens is 1. The standard InChI is InChI=1S/C18H24ClN3O2/c1-13(23)21-10-6-14(7-11-21)18(24)20-15-4-5-17(16(19)12-15)22-8-2-3-9-22/h4-5,12,14H,2-3,6-11H2,1H3,(H,20,24). The Morgan fingerprint density at radius 1 is 1.12 bits per heavy atom. The van der Waals surface area contributed by atoms with Crippen molar-refractivity contribution in [2.45, 2.75) is 32.6 Å². The van der Waals surface area contributed by atoms with E-state index in [-0.39, 0.29) is 17.7 Å². The molecule has 0 spiro atoms. The van der Waals surface area contributed by atoms with Crippen molar-refractivity contribution < 1.29 is 9.59 Å². The highest BCUT2D eigenvalue weighted by Crippen LogP contribution is 2.31. The van der Waals surface area contributed by atoms with Crippen molar-refractivity contribution in [3.8, 4) is 0 Å². The number of benzene rings is 1. The average Bonchev–Trinajstić information content (AvgIpc) is 3.09. The van der Waals surface area contributed by atoms with Crippen LogP contribution in [0.1, 0.15) is 32.6 Å². The van der Waals surface area contributed by atoms with Crippen LogP contribution in [0.3, 0.4) is 0 Å². The monoisotopic (exact) mass is 349 g/mol. The largest absolute Gasteiger partial charge is 0.370 e. The Morgan fingerprint density at radius 2 is 1.79 bits per heavy atom. The van der Waals surface area contributed by atoms with E-state index in [1.807, 2.05) is 18.2 Å². The molecule has 0 aliphatic carbocycles. The van der Waals surface area contributed by atoms with Crippen LogP contribution in [0.4, 0.5) is 11.4 Å². The molecule has 130 valence electrons. The van der Waals surface area contributed by atoms with E-state index in [1.165, 1.54) is 12.8 Å². The minimum absolute atomic E-state index is 0.0168. The SMILES string of the molecule is CC(=O)N1CCC(C(=O)Nc2ccc(N3CCCC3)c(Cl)c2)CC1. The maximum atomic E-state index is 12.4. The zero-order valence-electron chi connectivity index (χ0n) is 14.1. The van der Waals surface area contributed by atoms with Crippen LogP contribution in [0.5, 0.6) is 0 Å². The van der Waals surface area contributed by atoms with E-state index >= 15 is 0 Å². The molecule has 1 aromatic rings. The molecule has 2 heterocycles. The van der Waals surface area contributed by atoms with Crippen LogP contribution >= 0.6 is 11.6 Å². The second-order valence-electron chi connectivity index (χ2n) is 6.63.